The molecule has 0 heterocycles. The Labute approximate surface area is 107 Å². The highest BCUT2D eigenvalue weighted by Crippen LogP contribution is 2.29. The summed E-state index contributed by atoms with van der Waals surface area (Å²) in [5, 5.41) is 19.4. The van der Waals surface area contributed by atoms with Gasteiger partial charge in [0.15, 0.2) is 11.6 Å². The van der Waals surface area contributed by atoms with Gasteiger partial charge in [-0.25, -0.2) is 4.39 Å². The summed E-state index contributed by atoms with van der Waals surface area (Å²) in [4.78, 5) is 0. The van der Waals surface area contributed by atoms with Crippen LogP contribution in [0, 0.1) is 11.7 Å². The summed E-state index contributed by atoms with van der Waals surface area (Å²) >= 11 is 0. The average Bonchev–Trinajstić information content (AvgIpc) is 2.29. The number of hydrogen-bond acceptors (Lipinski definition) is 3. The van der Waals surface area contributed by atoms with Crippen molar-refractivity contribution in [3.05, 3.63) is 29.6 Å². The SMILES string of the molecule is CCC(C)[C@@H](O)[C@@H](N)c1cccc(F)c1O.Cl. The van der Waals surface area contributed by atoms with E-state index in [0.29, 0.717) is 0 Å². The highest BCUT2D eigenvalue weighted by molar-refractivity contribution is 5.85. The topological polar surface area (TPSA) is 66.5 Å². The van der Waals surface area contributed by atoms with Gasteiger partial charge in [0.2, 0.25) is 0 Å². The number of hydrogen-bond donors (Lipinski definition) is 3. The van der Waals surface area contributed by atoms with Gasteiger partial charge in [0.05, 0.1) is 12.1 Å². The molecular weight excluding hydrogens is 245 g/mol. The van der Waals surface area contributed by atoms with Crippen LogP contribution in [-0.4, -0.2) is 16.3 Å². The van der Waals surface area contributed by atoms with E-state index in [-0.39, 0.29) is 23.9 Å². The standard InChI is InChI=1S/C12H18FNO2.ClH/c1-3-7(2)11(15)10(14)8-5-4-6-9(13)12(8)16;/h4-7,10-11,15-16H,3,14H2,1-2H3;1H/t7?,10-,11+;/m0./s1. The van der Waals surface area contributed by atoms with Crippen LogP contribution in [-0.2, 0) is 0 Å². The molecule has 17 heavy (non-hydrogen) atoms. The van der Waals surface area contributed by atoms with Gasteiger partial charge >= 0.3 is 0 Å². The first-order chi connectivity index (χ1) is 7.49. The van der Waals surface area contributed by atoms with Crippen molar-refractivity contribution in [1.29, 1.82) is 0 Å². The molecule has 0 aliphatic rings. The van der Waals surface area contributed by atoms with Gasteiger partial charge in [-0.2, -0.15) is 0 Å². The molecule has 1 rings (SSSR count). The Morgan fingerprint density at radius 1 is 1.41 bits per heavy atom. The number of rotatable bonds is 4. The normalized spacial score (nSPS) is 15.8. The van der Waals surface area contributed by atoms with Crippen molar-refractivity contribution in [3.8, 4) is 5.75 Å². The molecule has 98 valence electrons. The maximum atomic E-state index is 13.1. The van der Waals surface area contributed by atoms with Crippen molar-refractivity contribution in [2.45, 2.75) is 32.4 Å². The second-order valence-electron chi connectivity index (χ2n) is 4.08. The fraction of sp³-hybridized carbons (Fsp3) is 0.500. The first kappa shape index (κ1) is 16.2. The Kier molecular flexibility index (Phi) is 6.45. The van der Waals surface area contributed by atoms with Crippen molar-refractivity contribution < 1.29 is 14.6 Å². The fourth-order valence-corrected chi connectivity index (χ4v) is 1.58. The van der Waals surface area contributed by atoms with E-state index in [2.05, 4.69) is 0 Å². The molecule has 0 aliphatic carbocycles. The van der Waals surface area contributed by atoms with Crippen molar-refractivity contribution in [3.63, 3.8) is 0 Å². The molecule has 0 spiro atoms. The van der Waals surface area contributed by atoms with Gasteiger partial charge in [0, 0.05) is 5.56 Å². The molecule has 0 aromatic heterocycles. The van der Waals surface area contributed by atoms with E-state index >= 15 is 0 Å². The quantitative estimate of drug-likeness (QED) is 0.781. The van der Waals surface area contributed by atoms with E-state index in [1.165, 1.54) is 12.1 Å². The zero-order chi connectivity index (χ0) is 12.3. The summed E-state index contributed by atoms with van der Waals surface area (Å²) in [5.74, 6) is -1.20. The molecule has 1 aromatic rings. The third kappa shape index (κ3) is 3.56. The summed E-state index contributed by atoms with van der Waals surface area (Å²) < 4.78 is 13.1. The van der Waals surface area contributed by atoms with E-state index in [4.69, 9.17) is 5.73 Å². The minimum absolute atomic E-state index is 0. The summed E-state index contributed by atoms with van der Waals surface area (Å²) in [5.41, 5.74) is 6.05. The lowest BCUT2D eigenvalue weighted by atomic mass is 9.91. The smallest absolute Gasteiger partial charge is 0.165 e. The molecule has 0 amide bonds. The second-order valence-corrected chi connectivity index (χ2v) is 4.08. The van der Waals surface area contributed by atoms with Crippen molar-refractivity contribution in [1.82, 2.24) is 0 Å². The van der Waals surface area contributed by atoms with Crippen LogP contribution in [0.15, 0.2) is 18.2 Å². The van der Waals surface area contributed by atoms with E-state index in [1.807, 2.05) is 13.8 Å². The largest absolute Gasteiger partial charge is 0.505 e. The molecule has 0 aliphatic heterocycles. The minimum Gasteiger partial charge on any atom is -0.505 e. The number of phenolic OH excluding ortho intramolecular Hbond substituents is 1. The van der Waals surface area contributed by atoms with Crippen LogP contribution in [0.5, 0.6) is 5.75 Å². The number of benzene rings is 1. The predicted molar refractivity (Wildman–Crippen MR) is 67.7 cm³/mol. The first-order valence-corrected chi connectivity index (χ1v) is 5.40. The number of aromatic hydroxyl groups is 1. The van der Waals surface area contributed by atoms with E-state index < -0.39 is 23.7 Å². The van der Waals surface area contributed by atoms with Crippen molar-refractivity contribution >= 4 is 12.4 Å². The molecule has 0 fully saturated rings. The van der Waals surface area contributed by atoms with Crippen LogP contribution in [0.4, 0.5) is 4.39 Å². The number of nitrogens with two attached hydrogens (primary N) is 1. The zero-order valence-electron chi connectivity index (χ0n) is 9.93. The fourth-order valence-electron chi connectivity index (χ4n) is 1.58. The number of para-hydroxylation sites is 1. The maximum Gasteiger partial charge on any atom is 0.165 e. The van der Waals surface area contributed by atoms with Crippen LogP contribution in [0.1, 0.15) is 31.9 Å². The average molecular weight is 264 g/mol. The predicted octanol–water partition coefficient (Wildman–Crippen LogP) is 2.36. The lowest BCUT2D eigenvalue weighted by Crippen LogP contribution is -2.31. The Morgan fingerprint density at radius 3 is 2.53 bits per heavy atom. The Bertz CT molecular complexity index is 362. The van der Waals surface area contributed by atoms with Crippen LogP contribution in [0.25, 0.3) is 0 Å². The second kappa shape index (κ2) is 6.79. The van der Waals surface area contributed by atoms with Crippen LogP contribution in [0.3, 0.4) is 0 Å². The molecule has 4 N–H and O–H groups in total. The number of aliphatic hydroxyl groups is 1. The molecule has 0 radical (unpaired) electrons. The molecule has 5 heteroatoms. The highest BCUT2D eigenvalue weighted by Gasteiger charge is 2.24. The monoisotopic (exact) mass is 263 g/mol. The molecular formula is C12H19ClFNO2. The van der Waals surface area contributed by atoms with Crippen LogP contribution >= 0.6 is 12.4 Å². The van der Waals surface area contributed by atoms with Gasteiger partial charge in [0.1, 0.15) is 0 Å². The molecule has 1 unspecified atom stereocenters. The van der Waals surface area contributed by atoms with Crippen molar-refractivity contribution in [2.24, 2.45) is 11.7 Å². The molecule has 3 nitrogen and oxygen atoms in total. The molecule has 0 bridgehead atoms. The molecule has 0 saturated heterocycles. The van der Waals surface area contributed by atoms with Gasteiger partial charge in [-0.3, -0.25) is 0 Å². The van der Waals surface area contributed by atoms with Gasteiger partial charge in [-0.05, 0) is 12.0 Å². The van der Waals surface area contributed by atoms with Gasteiger partial charge < -0.3 is 15.9 Å². The highest BCUT2D eigenvalue weighted by atomic mass is 35.5. The summed E-state index contributed by atoms with van der Waals surface area (Å²) in [7, 11) is 0. The van der Waals surface area contributed by atoms with E-state index in [1.54, 1.807) is 0 Å². The van der Waals surface area contributed by atoms with Gasteiger partial charge in [-0.1, -0.05) is 32.4 Å². The first-order valence-electron chi connectivity index (χ1n) is 5.40. The van der Waals surface area contributed by atoms with Crippen molar-refractivity contribution in [2.75, 3.05) is 0 Å². The Morgan fingerprint density at radius 2 is 2.00 bits per heavy atom. The van der Waals surface area contributed by atoms with E-state index in [0.717, 1.165) is 12.5 Å². The summed E-state index contributed by atoms with van der Waals surface area (Å²) in [6, 6.07) is 3.37. The lowest BCUT2D eigenvalue weighted by molar-refractivity contribution is 0.0869. The lowest BCUT2D eigenvalue weighted by Gasteiger charge is -2.24. The summed E-state index contributed by atoms with van der Waals surface area (Å²) in [6.45, 7) is 3.80. The van der Waals surface area contributed by atoms with Gasteiger partial charge in [0.25, 0.3) is 0 Å². The third-order valence-corrected chi connectivity index (χ3v) is 2.97. The van der Waals surface area contributed by atoms with Crippen LogP contribution in [0.2, 0.25) is 0 Å². The number of phenols is 1. The minimum atomic E-state index is -0.794. The Balaban J connectivity index is 0.00000256. The number of halogens is 2. The third-order valence-electron chi connectivity index (χ3n) is 2.97. The summed E-state index contributed by atoms with van der Waals surface area (Å²) in [6.07, 6.45) is -0.0250. The van der Waals surface area contributed by atoms with E-state index in [9.17, 15) is 14.6 Å². The zero-order valence-corrected chi connectivity index (χ0v) is 10.7. The van der Waals surface area contributed by atoms with Crippen LogP contribution < -0.4 is 5.73 Å². The Hall–Kier alpha value is -0.840. The molecule has 0 saturated carbocycles. The molecule has 1 aromatic carbocycles. The number of aliphatic hydroxyl groups excluding tert-OH is 1. The maximum absolute atomic E-state index is 13.1. The van der Waals surface area contributed by atoms with Gasteiger partial charge in [-0.15, -0.1) is 12.4 Å². The molecule has 3 atom stereocenters.